The minimum atomic E-state index is -3.61. The fourth-order valence-corrected chi connectivity index (χ4v) is 3.94. The molecule has 114 valence electrons. The van der Waals surface area contributed by atoms with Gasteiger partial charge in [-0.2, -0.15) is 4.98 Å². The summed E-state index contributed by atoms with van der Waals surface area (Å²) in [5, 5.41) is 5.86. The molecule has 0 unspecified atom stereocenters. The summed E-state index contributed by atoms with van der Waals surface area (Å²) in [6, 6.07) is 11.3. The van der Waals surface area contributed by atoms with E-state index in [0.717, 1.165) is 22.5 Å². The second-order valence-electron chi connectivity index (χ2n) is 4.79. The molecule has 0 aliphatic heterocycles. The van der Waals surface area contributed by atoms with E-state index in [0.29, 0.717) is 6.54 Å². The molecule has 1 N–H and O–H groups in total. The second kappa shape index (κ2) is 5.90. The maximum absolute atomic E-state index is 12.1. The number of sulfonamides is 1. The summed E-state index contributed by atoms with van der Waals surface area (Å²) in [4.78, 5) is 4.00. The van der Waals surface area contributed by atoms with Gasteiger partial charge in [-0.1, -0.05) is 35.9 Å². The Labute approximate surface area is 132 Å². The molecule has 0 aliphatic carbocycles. The number of nitrogens with one attached hydrogen (secondary N) is 1. The quantitative estimate of drug-likeness (QED) is 0.778. The van der Waals surface area contributed by atoms with E-state index >= 15 is 0 Å². The number of hydrogen-bond donors (Lipinski definition) is 1. The van der Waals surface area contributed by atoms with Crippen LogP contribution in [0.4, 0.5) is 5.95 Å². The van der Waals surface area contributed by atoms with Crippen LogP contribution in [0.1, 0.15) is 11.1 Å². The van der Waals surface area contributed by atoms with Gasteiger partial charge >= 0.3 is 0 Å². The molecule has 1 aromatic carbocycles. The largest absolute Gasteiger partial charge is 0.273 e. The normalized spacial score (nSPS) is 11.5. The lowest BCUT2D eigenvalue weighted by Crippen LogP contribution is -2.13. The number of aromatic nitrogens is 3. The fourth-order valence-electron chi connectivity index (χ4n) is 2.00. The third kappa shape index (κ3) is 3.34. The molecule has 0 radical (unpaired) electrons. The first-order valence-electron chi connectivity index (χ1n) is 6.54. The lowest BCUT2D eigenvalue weighted by atomic mass is 10.1. The Morgan fingerprint density at radius 2 is 2.14 bits per heavy atom. The van der Waals surface area contributed by atoms with Gasteiger partial charge in [0, 0.05) is 0 Å². The van der Waals surface area contributed by atoms with Crippen LogP contribution >= 0.6 is 11.3 Å². The molecule has 3 aromatic rings. The van der Waals surface area contributed by atoms with Gasteiger partial charge in [0.2, 0.25) is 0 Å². The van der Waals surface area contributed by atoms with Crippen molar-refractivity contribution in [1.82, 2.24) is 14.8 Å². The van der Waals surface area contributed by atoms with Crippen LogP contribution in [0.15, 0.2) is 52.3 Å². The lowest BCUT2D eigenvalue weighted by molar-refractivity contribution is 0.602. The molecular weight excluding hydrogens is 320 g/mol. The van der Waals surface area contributed by atoms with E-state index in [1.807, 2.05) is 25.1 Å². The molecular formula is C14H14N4O2S2. The molecule has 0 bridgehead atoms. The van der Waals surface area contributed by atoms with Crippen molar-refractivity contribution in [2.75, 3.05) is 4.72 Å². The van der Waals surface area contributed by atoms with E-state index in [2.05, 4.69) is 20.9 Å². The van der Waals surface area contributed by atoms with E-state index in [9.17, 15) is 8.42 Å². The Kier molecular flexibility index (Phi) is 3.95. The molecule has 0 aliphatic rings. The van der Waals surface area contributed by atoms with Crippen molar-refractivity contribution in [3.05, 3.63) is 59.2 Å². The molecule has 0 fully saturated rings. The highest BCUT2D eigenvalue weighted by atomic mass is 32.2. The van der Waals surface area contributed by atoms with Crippen molar-refractivity contribution in [3.63, 3.8) is 0 Å². The predicted octanol–water partition coefficient (Wildman–Crippen LogP) is 2.50. The Morgan fingerprint density at radius 1 is 1.27 bits per heavy atom. The van der Waals surface area contributed by atoms with E-state index in [1.165, 1.54) is 12.4 Å². The fraction of sp³-hybridized carbons (Fsp3) is 0.143. The molecule has 8 heteroatoms. The third-order valence-corrected chi connectivity index (χ3v) is 5.67. The predicted molar refractivity (Wildman–Crippen MR) is 85.4 cm³/mol. The summed E-state index contributed by atoms with van der Waals surface area (Å²) in [6.07, 6.45) is 1.51. The maximum Gasteiger partial charge on any atom is 0.273 e. The van der Waals surface area contributed by atoms with Crippen LogP contribution < -0.4 is 4.72 Å². The minimum Gasteiger partial charge on any atom is -0.246 e. The first-order valence-corrected chi connectivity index (χ1v) is 8.90. The van der Waals surface area contributed by atoms with Crippen LogP contribution in [0.2, 0.25) is 0 Å². The van der Waals surface area contributed by atoms with Gasteiger partial charge in [-0.05, 0) is 23.9 Å². The Balaban J connectivity index is 1.74. The molecule has 0 saturated heterocycles. The summed E-state index contributed by atoms with van der Waals surface area (Å²) in [5.74, 6) is 0.0704. The van der Waals surface area contributed by atoms with Gasteiger partial charge in [-0.25, -0.2) is 17.8 Å². The van der Waals surface area contributed by atoms with Crippen LogP contribution in [0.3, 0.4) is 0 Å². The molecule has 6 nitrogen and oxygen atoms in total. The van der Waals surface area contributed by atoms with Gasteiger partial charge in [0.15, 0.2) is 0 Å². The Hall–Kier alpha value is -2.19. The standard InChI is InChI=1S/C14H14N4O2S2/c1-11-4-2-5-12(8-11)9-18-10-15-14(16-18)17-22(19,20)13-6-3-7-21-13/h2-8,10H,9H2,1H3,(H,16,17). The van der Waals surface area contributed by atoms with Gasteiger partial charge in [0.1, 0.15) is 10.5 Å². The smallest absolute Gasteiger partial charge is 0.246 e. The highest BCUT2D eigenvalue weighted by Gasteiger charge is 2.17. The molecule has 3 rings (SSSR count). The molecule has 2 aromatic heterocycles. The van der Waals surface area contributed by atoms with Gasteiger partial charge in [0.25, 0.3) is 16.0 Å². The topological polar surface area (TPSA) is 76.9 Å². The average molecular weight is 334 g/mol. The highest BCUT2D eigenvalue weighted by Crippen LogP contribution is 2.18. The highest BCUT2D eigenvalue weighted by molar-refractivity contribution is 7.94. The number of benzene rings is 1. The zero-order valence-electron chi connectivity index (χ0n) is 11.8. The minimum absolute atomic E-state index is 0.0704. The van der Waals surface area contributed by atoms with Crippen molar-refractivity contribution in [2.24, 2.45) is 0 Å². The van der Waals surface area contributed by atoms with Crippen molar-refractivity contribution in [1.29, 1.82) is 0 Å². The van der Waals surface area contributed by atoms with Gasteiger partial charge < -0.3 is 0 Å². The molecule has 2 heterocycles. The second-order valence-corrected chi connectivity index (χ2v) is 7.65. The van der Waals surface area contributed by atoms with Crippen LogP contribution in [-0.4, -0.2) is 23.2 Å². The summed E-state index contributed by atoms with van der Waals surface area (Å²) in [5.41, 5.74) is 2.24. The average Bonchev–Trinajstić information content (AvgIpc) is 3.10. The molecule has 0 saturated carbocycles. The van der Waals surface area contributed by atoms with Crippen LogP contribution in [0.25, 0.3) is 0 Å². The SMILES string of the molecule is Cc1cccc(Cn2cnc(NS(=O)(=O)c3cccs3)n2)c1. The molecule has 22 heavy (non-hydrogen) atoms. The summed E-state index contributed by atoms with van der Waals surface area (Å²) < 4.78 is 28.4. The summed E-state index contributed by atoms with van der Waals surface area (Å²) in [6.45, 7) is 2.56. The number of nitrogens with zero attached hydrogens (tertiary/aromatic N) is 3. The number of thiophene rings is 1. The summed E-state index contributed by atoms with van der Waals surface area (Å²) in [7, 11) is -3.61. The lowest BCUT2D eigenvalue weighted by Gasteiger charge is -2.03. The summed E-state index contributed by atoms with van der Waals surface area (Å²) >= 11 is 1.15. The number of anilines is 1. The number of rotatable bonds is 5. The first-order chi connectivity index (χ1) is 10.5. The monoisotopic (exact) mass is 334 g/mol. The van der Waals surface area contributed by atoms with Crippen molar-refractivity contribution >= 4 is 27.3 Å². The third-order valence-electron chi connectivity index (χ3n) is 2.95. The van der Waals surface area contributed by atoms with Gasteiger partial charge in [-0.15, -0.1) is 16.4 Å². The zero-order valence-corrected chi connectivity index (χ0v) is 13.4. The first kappa shape index (κ1) is 14.7. The van der Waals surface area contributed by atoms with Crippen molar-refractivity contribution in [3.8, 4) is 0 Å². The van der Waals surface area contributed by atoms with E-state index in [-0.39, 0.29) is 10.2 Å². The molecule has 0 atom stereocenters. The van der Waals surface area contributed by atoms with E-state index < -0.39 is 10.0 Å². The molecule has 0 amide bonds. The van der Waals surface area contributed by atoms with E-state index in [1.54, 1.807) is 16.1 Å². The van der Waals surface area contributed by atoms with Crippen molar-refractivity contribution < 1.29 is 8.42 Å². The number of hydrogen-bond acceptors (Lipinski definition) is 5. The molecule has 0 spiro atoms. The Bertz CT molecular complexity index is 870. The van der Waals surface area contributed by atoms with Crippen molar-refractivity contribution in [2.45, 2.75) is 17.7 Å². The van der Waals surface area contributed by atoms with Gasteiger partial charge in [0.05, 0.1) is 6.54 Å². The number of aryl methyl sites for hydroxylation is 1. The van der Waals surface area contributed by atoms with Crippen LogP contribution in [-0.2, 0) is 16.6 Å². The van der Waals surface area contributed by atoms with E-state index in [4.69, 9.17) is 0 Å². The zero-order chi connectivity index (χ0) is 15.6. The van der Waals surface area contributed by atoms with Crippen LogP contribution in [0.5, 0.6) is 0 Å². The Morgan fingerprint density at radius 3 is 2.86 bits per heavy atom. The maximum atomic E-state index is 12.1. The van der Waals surface area contributed by atoms with Crippen LogP contribution in [0, 0.1) is 6.92 Å². The van der Waals surface area contributed by atoms with Gasteiger partial charge in [-0.3, -0.25) is 0 Å².